The smallest absolute Gasteiger partial charge is 0.240 e. The second-order valence-corrected chi connectivity index (χ2v) is 8.17. The molecule has 4 aromatic rings. The highest BCUT2D eigenvalue weighted by Gasteiger charge is 2.35. The maximum absolute atomic E-state index is 11.9. The summed E-state index contributed by atoms with van der Waals surface area (Å²) < 4.78 is 8.29. The normalized spacial score (nSPS) is 16.9. The third-order valence-electron chi connectivity index (χ3n) is 6.01. The predicted octanol–water partition coefficient (Wildman–Crippen LogP) is 3.04. The largest absolute Gasteiger partial charge is 0.491 e. The van der Waals surface area contributed by atoms with E-state index in [0.29, 0.717) is 12.5 Å². The number of anilines is 1. The lowest BCUT2D eigenvalue weighted by atomic mass is 10.1. The monoisotopic (exact) mass is 402 g/mol. The van der Waals surface area contributed by atoms with E-state index >= 15 is 0 Å². The zero-order valence-corrected chi connectivity index (χ0v) is 16.4. The molecular weight excluding hydrogens is 380 g/mol. The summed E-state index contributed by atoms with van der Waals surface area (Å²) in [5, 5.41) is 11.5. The number of aromatic nitrogens is 4. The first-order valence-corrected chi connectivity index (χ1v) is 10.3. The van der Waals surface area contributed by atoms with Crippen molar-refractivity contribution in [2.75, 3.05) is 11.9 Å². The molecule has 2 aromatic carbocycles. The van der Waals surface area contributed by atoms with Gasteiger partial charge in [-0.25, -0.2) is 4.98 Å². The lowest BCUT2D eigenvalue weighted by molar-refractivity contribution is -0.119. The minimum absolute atomic E-state index is 0.313. The van der Waals surface area contributed by atoms with E-state index in [1.165, 1.54) is 0 Å². The third-order valence-corrected chi connectivity index (χ3v) is 6.01. The molecule has 1 atom stereocenters. The molecule has 4 N–H and O–H groups in total. The van der Waals surface area contributed by atoms with Crippen molar-refractivity contribution in [2.45, 2.75) is 31.8 Å². The van der Waals surface area contributed by atoms with Gasteiger partial charge in [-0.05, 0) is 49.4 Å². The van der Waals surface area contributed by atoms with E-state index < -0.39 is 0 Å². The van der Waals surface area contributed by atoms with E-state index in [2.05, 4.69) is 32.2 Å². The molecule has 1 fully saturated rings. The number of aromatic amines is 1. The van der Waals surface area contributed by atoms with Crippen LogP contribution in [0, 0.1) is 5.92 Å². The molecule has 8 nitrogen and oxygen atoms in total. The second kappa shape index (κ2) is 6.48. The molecule has 0 bridgehead atoms. The number of carbonyl (C=O) groups excluding carboxylic acids is 1. The lowest BCUT2D eigenvalue weighted by Gasteiger charge is -2.17. The van der Waals surface area contributed by atoms with Crippen molar-refractivity contribution in [3.05, 3.63) is 36.5 Å². The van der Waals surface area contributed by atoms with Crippen LogP contribution in [-0.2, 0) is 11.3 Å². The summed E-state index contributed by atoms with van der Waals surface area (Å²) in [4.78, 5) is 16.9. The van der Waals surface area contributed by atoms with Gasteiger partial charge in [0.2, 0.25) is 5.91 Å². The molecule has 1 saturated carbocycles. The number of amides is 1. The average molecular weight is 402 g/mol. The first-order valence-electron chi connectivity index (χ1n) is 10.3. The molecule has 2 aromatic heterocycles. The molecule has 8 heteroatoms. The van der Waals surface area contributed by atoms with Gasteiger partial charge in [0.25, 0.3) is 0 Å². The van der Waals surface area contributed by atoms with Crippen LogP contribution in [-0.4, -0.2) is 38.3 Å². The zero-order chi connectivity index (χ0) is 20.2. The second-order valence-electron chi connectivity index (χ2n) is 8.17. The van der Waals surface area contributed by atoms with Crippen LogP contribution in [0.2, 0.25) is 0 Å². The van der Waals surface area contributed by atoms with Crippen LogP contribution in [0.4, 0.5) is 5.69 Å². The van der Waals surface area contributed by atoms with Crippen LogP contribution in [0.1, 0.15) is 19.3 Å². The van der Waals surface area contributed by atoms with Crippen LogP contribution < -0.4 is 15.8 Å². The van der Waals surface area contributed by atoms with Gasteiger partial charge in [-0.1, -0.05) is 0 Å². The molecule has 1 aliphatic heterocycles. The van der Waals surface area contributed by atoms with Gasteiger partial charge in [-0.3, -0.25) is 9.89 Å². The van der Waals surface area contributed by atoms with Crippen LogP contribution in [0.25, 0.3) is 33.3 Å². The Bertz CT molecular complexity index is 1290. The summed E-state index contributed by atoms with van der Waals surface area (Å²) in [6, 6.07) is 9.79. The van der Waals surface area contributed by atoms with Crippen molar-refractivity contribution in [1.82, 2.24) is 19.7 Å². The molecule has 0 radical (unpaired) electrons. The number of nitrogens with one attached hydrogen (secondary N) is 2. The van der Waals surface area contributed by atoms with Gasteiger partial charge in [0.1, 0.15) is 23.1 Å². The number of hydrogen-bond acceptors (Lipinski definition) is 5. The maximum Gasteiger partial charge on any atom is 0.240 e. The Morgan fingerprint density at radius 1 is 1.30 bits per heavy atom. The van der Waals surface area contributed by atoms with Crippen molar-refractivity contribution in [3.63, 3.8) is 0 Å². The van der Waals surface area contributed by atoms with E-state index in [4.69, 9.17) is 15.5 Å². The van der Waals surface area contributed by atoms with Crippen LogP contribution in [0.3, 0.4) is 0 Å². The molecule has 2 aliphatic rings. The van der Waals surface area contributed by atoms with Crippen LogP contribution in [0.15, 0.2) is 36.5 Å². The van der Waals surface area contributed by atoms with Gasteiger partial charge in [-0.15, -0.1) is 0 Å². The number of nitrogens with two attached hydrogens (primary N) is 1. The molecule has 3 heterocycles. The zero-order valence-electron chi connectivity index (χ0n) is 16.4. The number of aryl methyl sites for hydroxylation is 1. The summed E-state index contributed by atoms with van der Waals surface area (Å²) in [6.45, 7) is 1.48. The van der Waals surface area contributed by atoms with Crippen LogP contribution in [0.5, 0.6) is 5.75 Å². The first kappa shape index (κ1) is 17.3. The molecule has 30 heavy (non-hydrogen) atoms. The highest BCUT2D eigenvalue weighted by atomic mass is 16.5. The Balaban J connectivity index is 1.48. The van der Waals surface area contributed by atoms with Gasteiger partial charge in [-0.2, -0.15) is 5.10 Å². The quantitative estimate of drug-likeness (QED) is 0.475. The molecule has 1 amide bonds. The molecule has 0 unspecified atom stereocenters. The molecule has 0 saturated heterocycles. The van der Waals surface area contributed by atoms with E-state index in [9.17, 15) is 4.79 Å². The topological polar surface area (TPSA) is 111 Å². The van der Waals surface area contributed by atoms with Crippen molar-refractivity contribution in [2.24, 2.45) is 11.7 Å². The van der Waals surface area contributed by atoms with Gasteiger partial charge in [0.05, 0.1) is 23.8 Å². The number of hydrogen-bond donors (Lipinski definition) is 3. The van der Waals surface area contributed by atoms with Crippen molar-refractivity contribution >= 4 is 33.5 Å². The summed E-state index contributed by atoms with van der Waals surface area (Å²) >= 11 is 0. The molecule has 152 valence electrons. The van der Waals surface area contributed by atoms with Gasteiger partial charge in [0, 0.05) is 29.2 Å². The van der Waals surface area contributed by atoms with Crippen molar-refractivity contribution in [3.8, 4) is 17.1 Å². The third kappa shape index (κ3) is 2.79. The summed E-state index contributed by atoms with van der Waals surface area (Å²) in [5.74, 6) is 1.69. The number of carbonyl (C=O) groups is 1. The minimum atomic E-state index is -0.356. The molecule has 6 rings (SSSR count). The predicted molar refractivity (Wildman–Crippen MR) is 114 cm³/mol. The van der Waals surface area contributed by atoms with E-state index in [1.54, 1.807) is 0 Å². The van der Waals surface area contributed by atoms with Crippen LogP contribution >= 0.6 is 0 Å². The van der Waals surface area contributed by atoms with Gasteiger partial charge >= 0.3 is 0 Å². The minimum Gasteiger partial charge on any atom is -0.491 e. The number of imidazole rings is 1. The SMILES string of the molecule is NC(=O)[C@@H](Nc1cc2c3c(c1)nc(-c1ccc4[nH]ncc4c1)n3CCCO2)C1CC1. The standard InChI is InChI=1S/C22H22N6O2/c23-21(29)19(12-2-3-12)25-15-9-17-20-18(10-15)30-7-1-6-28(20)22(26-17)13-4-5-16-14(8-13)11-24-27-16/h4-5,8-12,19,25H,1-3,6-7H2,(H2,23,29)(H,24,27)/t19-/m0/s1. The Hall–Kier alpha value is -3.55. The Labute approximate surface area is 172 Å². The Morgan fingerprint density at radius 3 is 3.03 bits per heavy atom. The number of benzene rings is 2. The number of H-pyrrole nitrogens is 1. The van der Waals surface area contributed by atoms with E-state index in [-0.39, 0.29) is 11.9 Å². The fourth-order valence-electron chi connectivity index (χ4n) is 4.38. The molecule has 0 spiro atoms. The fourth-order valence-corrected chi connectivity index (χ4v) is 4.38. The fraction of sp³-hybridized carbons (Fsp3) is 0.318. The maximum atomic E-state index is 11.9. The van der Waals surface area contributed by atoms with Crippen molar-refractivity contribution < 1.29 is 9.53 Å². The molecule has 1 aliphatic carbocycles. The average Bonchev–Trinajstić information content (AvgIpc) is 3.40. The summed E-state index contributed by atoms with van der Waals surface area (Å²) in [7, 11) is 0. The summed E-state index contributed by atoms with van der Waals surface area (Å²) in [5.41, 5.74) is 10.3. The van der Waals surface area contributed by atoms with E-state index in [1.807, 2.05) is 24.4 Å². The first-order chi connectivity index (χ1) is 14.7. The highest BCUT2D eigenvalue weighted by Crippen LogP contribution is 2.38. The number of ether oxygens (including phenoxy) is 1. The number of primary amides is 1. The highest BCUT2D eigenvalue weighted by molar-refractivity contribution is 5.92. The number of rotatable bonds is 5. The van der Waals surface area contributed by atoms with Crippen molar-refractivity contribution in [1.29, 1.82) is 0 Å². The summed E-state index contributed by atoms with van der Waals surface area (Å²) in [6.07, 6.45) is 4.78. The number of nitrogens with zero attached hydrogens (tertiary/aromatic N) is 3. The molecular formula is C22H22N6O2. The lowest BCUT2D eigenvalue weighted by Crippen LogP contribution is -2.37. The van der Waals surface area contributed by atoms with Gasteiger partial charge in [0.15, 0.2) is 0 Å². The Kier molecular flexibility index (Phi) is 3.74. The van der Waals surface area contributed by atoms with E-state index in [0.717, 1.165) is 70.6 Å². The number of fused-ring (bicyclic) bond motifs is 1. The van der Waals surface area contributed by atoms with Gasteiger partial charge < -0.3 is 20.4 Å². The Morgan fingerprint density at radius 2 is 2.20 bits per heavy atom.